The van der Waals surface area contributed by atoms with Gasteiger partial charge in [0.2, 0.25) is 21.8 Å². The van der Waals surface area contributed by atoms with Crippen LogP contribution in [0, 0.1) is 0 Å². The Morgan fingerprint density at radius 2 is 1.95 bits per heavy atom. The van der Waals surface area contributed by atoms with Crippen LogP contribution in [0.2, 0.25) is 0 Å². The van der Waals surface area contributed by atoms with Crippen LogP contribution >= 0.6 is 0 Å². The molecule has 0 unspecified atom stereocenters. The predicted octanol–water partition coefficient (Wildman–Crippen LogP) is 0.121. The zero-order valence-electron chi connectivity index (χ0n) is 11.9. The maximum atomic E-state index is 12.7. The third kappa shape index (κ3) is 2.64. The summed E-state index contributed by atoms with van der Waals surface area (Å²) in [5.74, 6) is -0.919. The Bertz CT molecular complexity index is 696. The average molecular weight is 312 g/mol. The number of methoxy groups -OCH3 is 1. The van der Waals surface area contributed by atoms with E-state index < -0.39 is 33.9 Å². The molecule has 1 saturated heterocycles. The Labute approximate surface area is 122 Å². The topological polar surface area (TPSA) is 92.8 Å². The van der Waals surface area contributed by atoms with Gasteiger partial charge in [0, 0.05) is 6.07 Å². The number of imide groups is 1. The van der Waals surface area contributed by atoms with Gasteiger partial charge in [-0.05, 0) is 26.0 Å². The van der Waals surface area contributed by atoms with Gasteiger partial charge in [-0.3, -0.25) is 14.9 Å². The molecule has 2 amide bonds. The first kappa shape index (κ1) is 15.5. The highest BCUT2D eigenvalue weighted by Crippen LogP contribution is 2.28. The zero-order chi connectivity index (χ0) is 15.8. The molecule has 0 bridgehead atoms. The highest BCUT2D eigenvalue weighted by molar-refractivity contribution is 7.89. The summed E-state index contributed by atoms with van der Waals surface area (Å²) < 4.78 is 31.3. The molecule has 21 heavy (non-hydrogen) atoms. The first-order valence-corrected chi connectivity index (χ1v) is 7.65. The second-order valence-electron chi connectivity index (χ2n) is 5.13. The summed E-state index contributed by atoms with van der Waals surface area (Å²) in [6, 6.07) is 5.89. The number of nitrogens with zero attached hydrogens (tertiary/aromatic N) is 1. The molecule has 1 heterocycles. The van der Waals surface area contributed by atoms with Crippen molar-refractivity contribution in [2.45, 2.75) is 24.3 Å². The molecule has 1 aliphatic rings. The van der Waals surface area contributed by atoms with E-state index in [1.165, 1.54) is 39.2 Å². The lowest BCUT2D eigenvalue weighted by molar-refractivity contribution is -0.141. The number of hydrogen-bond donors (Lipinski definition) is 1. The number of ether oxygens (including phenoxy) is 1. The van der Waals surface area contributed by atoms with Crippen molar-refractivity contribution in [3.63, 3.8) is 0 Å². The lowest BCUT2D eigenvalue weighted by Gasteiger charge is -2.38. The Morgan fingerprint density at radius 3 is 2.57 bits per heavy atom. The minimum Gasteiger partial charge on any atom is -0.497 e. The smallest absolute Gasteiger partial charge is 0.247 e. The van der Waals surface area contributed by atoms with Crippen LogP contribution in [0.5, 0.6) is 5.75 Å². The van der Waals surface area contributed by atoms with Gasteiger partial charge in [0.25, 0.3) is 0 Å². The van der Waals surface area contributed by atoms with Crippen molar-refractivity contribution >= 4 is 21.8 Å². The van der Waals surface area contributed by atoms with Crippen LogP contribution in [0.3, 0.4) is 0 Å². The van der Waals surface area contributed by atoms with Gasteiger partial charge in [-0.2, -0.15) is 4.31 Å². The van der Waals surface area contributed by atoms with Gasteiger partial charge in [0.1, 0.15) is 11.3 Å². The van der Waals surface area contributed by atoms with Crippen molar-refractivity contribution in [2.75, 3.05) is 13.7 Å². The molecule has 0 atom stereocenters. The van der Waals surface area contributed by atoms with Crippen molar-refractivity contribution in [2.24, 2.45) is 0 Å². The Kier molecular flexibility index (Phi) is 3.77. The third-order valence-corrected chi connectivity index (χ3v) is 5.36. The molecule has 0 aromatic heterocycles. The molecule has 114 valence electrons. The number of piperazine rings is 1. The van der Waals surface area contributed by atoms with E-state index in [1.54, 1.807) is 6.07 Å². The Morgan fingerprint density at radius 1 is 1.29 bits per heavy atom. The molecule has 0 spiro atoms. The van der Waals surface area contributed by atoms with Crippen molar-refractivity contribution in [3.05, 3.63) is 24.3 Å². The van der Waals surface area contributed by atoms with Gasteiger partial charge in [-0.1, -0.05) is 6.07 Å². The number of nitrogens with one attached hydrogen (secondary N) is 1. The molecule has 0 saturated carbocycles. The van der Waals surface area contributed by atoms with Crippen molar-refractivity contribution in [1.29, 1.82) is 0 Å². The summed E-state index contributed by atoms with van der Waals surface area (Å²) >= 11 is 0. The lowest BCUT2D eigenvalue weighted by atomic mass is 10.0. The van der Waals surface area contributed by atoms with E-state index in [1.807, 2.05) is 0 Å². The Balaban J connectivity index is 2.51. The summed E-state index contributed by atoms with van der Waals surface area (Å²) in [4.78, 5) is 23.4. The van der Waals surface area contributed by atoms with E-state index in [0.29, 0.717) is 5.75 Å². The SMILES string of the molecule is COc1cccc(S(=O)(=O)N2CC(=O)NC(=O)C2(C)C)c1. The first-order valence-electron chi connectivity index (χ1n) is 6.21. The molecule has 2 rings (SSSR count). The van der Waals surface area contributed by atoms with Crippen LogP contribution in [0.4, 0.5) is 0 Å². The summed E-state index contributed by atoms with van der Waals surface area (Å²) in [5, 5.41) is 2.14. The number of carbonyl (C=O) groups is 2. The van der Waals surface area contributed by atoms with Gasteiger partial charge in [-0.15, -0.1) is 0 Å². The molecule has 1 fully saturated rings. The standard InChI is InChI=1S/C13H16N2O5S/c1-13(2)12(17)14-11(16)8-15(13)21(18,19)10-6-4-5-9(7-10)20-3/h4-7H,8H2,1-3H3,(H,14,16,17). The van der Waals surface area contributed by atoms with E-state index in [2.05, 4.69) is 5.32 Å². The van der Waals surface area contributed by atoms with Crippen molar-refractivity contribution < 1.29 is 22.7 Å². The quantitative estimate of drug-likeness (QED) is 0.800. The molecule has 1 N–H and O–H groups in total. The van der Waals surface area contributed by atoms with Gasteiger partial charge in [-0.25, -0.2) is 8.42 Å². The minimum absolute atomic E-state index is 0.0302. The average Bonchev–Trinajstić information content (AvgIpc) is 2.43. The van der Waals surface area contributed by atoms with Gasteiger partial charge in [0.15, 0.2) is 0 Å². The Hall–Kier alpha value is -1.93. The summed E-state index contributed by atoms with van der Waals surface area (Å²) in [6.07, 6.45) is 0. The highest BCUT2D eigenvalue weighted by Gasteiger charge is 2.47. The maximum absolute atomic E-state index is 12.7. The molecular formula is C13H16N2O5S. The highest BCUT2D eigenvalue weighted by atomic mass is 32.2. The van der Waals surface area contributed by atoms with Crippen LogP contribution < -0.4 is 10.1 Å². The second-order valence-corrected chi connectivity index (χ2v) is 6.99. The molecule has 1 aromatic carbocycles. The zero-order valence-corrected chi connectivity index (χ0v) is 12.7. The van der Waals surface area contributed by atoms with Gasteiger partial charge in [0.05, 0.1) is 18.6 Å². The molecule has 0 radical (unpaired) electrons. The minimum atomic E-state index is -4.00. The van der Waals surface area contributed by atoms with Gasteiger partial charge >= 0.3 is 0 Å². The van der Waals surface area contributed by atoms with Crippen LogP contribution in [-0.2, 0) is 19.6 Å². The number of rotatable bonds is 3. The normalized spacial score (nSPS) is 19.2. The third-order valence-electron chi connectivity index (χ3n) is 3.35. The van der Waals surface area contributed by atoms with Crippen molar-refractivity contribution in [3.8, 4) is 5.75 Å². The summed E-state index contributed by atoms with van der Waals surface area (Å²) in [5.41, 5.74) is -1.35. The monoisotopic (exact) mass is 312 g/mol. The number of amides is 2. The van der Waals surface area contributed by atoms with Crippen LogP contribution in [0.25, 0.3) is 0 Å². The number of carbonyl (C=O) groups excluding carboxylic acids is 2. The van der Waals surface area contributed by atoms with Crippen LogP contribution in [-0.4, -0.2) is 43.7 Å². The van der Waals surface area contributed by atoms with E-state index >= 15 is 0 Å². The summed E-state index contributed by atoms with van der Waals surface area (Å²) in [7, 11) is -2.57. The van der Waals surface area contributed by atoms with E-state index in [0.717, 1.165) is 4.31 Å². The molecule has 0 aliphatic carbocycles. The molecular weight excluding hydrogens is 296 g/mol. The lowest BCUT2D eigenvalue weighted by Crippen LogP contribution is -2.65. The first-order chi connectivity index (χ1) is 9.69. The van der Waals surface area contributed by atoms with E-state index in [-0.39, 0.29) is 4.90 Å². The number of sulfonamides is 1. The van der Waals surface area contributed by atoms with Gasteiger partial charge < -0.3 is 4.74 Å². The predicted molar refractivity (Wildman–Crippen MR) is 74.1 cm³/mol. The van der Waals surface area contributed by atoms with Crippen LogP contribution in [0.15, 0.2) is 29.2 Å². The molecule has 1 aromatic rings. The largest absolute Gasteiger partial charge is 0.497 e. The molecule has 7 nitrogen and oxygen atoms in total. The number of hydrogen-bond acceptors (Lipinski definition) is 5. The fraction of sp³-hybridized carbons (Fsp3) is 0.385. The van der Waals surface area contributed by atoms with E-state index in [9.17, 15) is 18.0 Å². The molecule has 1 aliphatic heterocycles. The number of benzene rings is 1. The maximum Gasteiger partial charge on any atom is 0.247 e. The van der Waals surface area contributed by atoms with Crippen LogP contribution in [0.1, 0.15) is 13.8 Å². The van der Waals surface area contributed by atoms with Crippen molar-refractivity contribution in [1.82, 2.24) is 9.62 Å². The van der Waals surface area contributed by atoms with E-state index in [4.69, 9.17) is 4.74 Å². The molecule has 8 heteroatoms. The summed E-state index contributed by atoms with van der Waals surface area (Å²) in [6.45, 7) is 2.50. The fourth-order valence-corrected chi connectivity index (χ4v) is 3.78. The second kappa shape index (κ2) is 5.12. The fourth-order valence-electron chi connectivity index (χ4n) is 2.03.